The fraction of sp³-hybridized carbons (Fsp3) is 0.286. The van der Waals surface area contributed by atoms with E-state index >= 15 is 0 Å². The van der Waals surface area contributed by atoms with Crippen molar-refractivity contribution in [1.29, 1.82) is 0 Å². The number of ether oxygens (including phenoxy) is 2. The van der Waals surface area contributed by atoms with Crippen LogP contribution in [0.15, 0.2) is 37.8 Å². The van der Waals surface area contributed by atoms with Crippen LogP contribution in [0.3, 0.4) is 0 Å². The van der Waals surface area contributed by atoms with Gasteiger partial charge < -0.3 is 19.7 Å². The van der Waals surface area contributed by atoms with E-state index in [1.54, 1.807) is 0 Å². The van der Waals surface area contributed by atoms with E-state index in [-0.39, 0.29) is 0 Å². The second-order valence-electron chi connectivity index (χ2n) is 3.01. The van der Waals surface area contributed by atoms with Crippen molar-refractivity contribution < 1.29 is 29.3 Å². The van der Waals surface area contributed by atoms with Gasteiger partial charge in [-0.25, -0.2) is 9.59 Å². The van der Waals surface area contributed by atoms with E-state index < -0.39 is 35.8 Å². The van der Waals surface area contributed by atoms with Crippen LogP contribution in [0.5, 0.6) is 0 Å². The summed E-state index contributed by atoms with van der Waals surface area (Å²) in [5.74, 6) is -3.51. The molecule has 0 aromatic rings. The van der Waals surface area contributed by atoms with Gasteiger partial charge in [0.05, 0.1) is 6.20 Å². The molecule has 2 rings (SSSR count). The van der Waals surface area contributed by atoms with Crippen molar-refractivity contribution in [2.45, 2.75) is 12.2 Å². The van der Waals surface area contributed by atoms with Crippen LogP contribution in [0.2, 0.25) is 0 Å². The first kappa shape index (κ1) is 11.9. The maximum atomic E-state index is 11.3. The van der Waals surface area contributed by atoms with E-state index in [1.807, 2.05) is 0 Å². The predicted molar refractivity (Wildman–Crippen MR) is 49.4 cm³/mol. The summed E-state index contributed by atoms with van der Waals surface area (Å²) < 4.78 is 9.17. The van der Waals surface area contributed by atoms with Crippen LogP contribution >= 0.6 is 0 Å². The number of fused-ring (bicyclic) bond motifs is 1. The first-order chi connectivity index (χ1) is 8.59. The SMILES string of the molecule is O=C1OC2=C/N=N\N=N/N=C\2OC(=O)C(O)C1O. The predicted octanol–water partition coefficient (Wildman–Crippen LogP) is -1.20. The molecule has 11 nitrogen and oxygen atoms in total. The molecule has 2 unspecified atom stereocenters. The summed E-state index contributed by atoms with van der Waals surface area (Å²) in [6, 6.07) is 0. The number of hydrogen-bond donors (Lipinski definition) is 2. The number of carbonyl (C=O) groups excluding carboxylic acids is 2. The lowest BCUT2D eigenvalue weighted by Gasteiger charge is -2.20. The highest BCUT2D eigenvalue weighted by molar-refractivity contribution is 6.03. The molecule has 0 aliphatic carbocycles. The zero-order valence-corrected chi connectivity index (χ0v) is 8.50. The first-order valence-electron chi connectivity index (χ1n) is 4.47. The van der Waals surface area contributed by atoms with Gasteiger partial charge in [0.25, 0.3) is 5.90 Å². The lowest BCUT2D eigenvalue weighted by Crippen LogP contribution is -2.45. The monoisotopic (exact) mass is 255 g/mol. The van der Waals surface area contributed by atoms with Crippen molar-refractivity contribution in [2.75, 3.05) is 0 Å². The Morgan fingerprint density at radius 1 is 1.00 bits per heavy atom. The number of nitrogens with zero attached hydrogens (tertiary/aromatic N) is 5. The van der Waals surface area contributed by atoms with Gasteiger partial charge in [0.2, 0.25) is 5.76 Å². The van der Waals surface area contributed by atoms with Gasteiger partial charge in [-0.05, 0) is 15.7 Å². The number of aliphatic hydroxyl groups excluding tert-OH is 2. The second-order valence-corrected chi connectivity index (χ2v) is 3.01. The van der Waals surface area contributed by atoms with Crippen molar-refractivity contribution in [3.05, 3.63) is 12.0 Å². The quantitative estimate of drug-likeness (QED) is 0.517. The second kappa shape index (κ2) is 4.77. The van der Waals surface area contributed by atoms with Crippen molar-refractivity contribution in [2.24, 2.45) is 25.9 Å². The number of hydrogen-bond acceptors (Lipinski definition) is 11. The minimum absolute atomic E-state index is 0.401. The Bertz CT molecular complexity index is 462. The van der Waals surface area contributed by atoms with Crippen molar-refractivity contribution in [1.82, 2.24) is 0 Å². The molecular weight excluding hydrogens is 250 g/mol. The fourth-order valence-corrected chi connectivity index (χ4v) is 1.01. The standard InChI is InChI=1S/C7H5N5O6/c13-3-4(14)7(16)18-5-2(17-6(3)15)1-8-10-12-11-9-5/h1,3-4,13-14H/b2-1+,5-2?,8-1?,9-5+,10-8-,11-9?,12-10?,12-11-. The largest absolute Gasteiger partial charge is 0.417 e. The molecule has 94 valence electrons. The van der Waals surface area contributed by atoms with Crippen LogP contribution in [0.4, 0.5) is 0 Å². The van der Waals surface area contributed by atoms with Crippen molar-refractivity contribution in [3.8, 4) is 0 Å². The Kier molecular flexibility index (Phi) is 3.16. The third-order valence-corrected chi connectivity index (χ3v) is 1.84. The molecule has 2 atom stereocenters. The van der Waals surface area contributed by atoms with E-state index in [1.165, 1.54) is 0 Å². The van der Waals surface area contributed by atoms with Gasteiger partial charge in [-0.15, -0.1) is 5.11 Å². The zero-order chi connectivity index (χ0) is 13.1. The molecule has 2 heterocycles. The molecule has 1 fully saturated rings. The molecule has 2 aliphatic heterocycles. The summed E-state index contributed by atoms with van der Waals surface area (Å²) in [7, 11) is 0. The third-order valence-electron chi connectivity index (χ3n) is 1.84. The Morgan fingerprint density at radius 2 is 1.67 bits per heavy atom. The summed E-state index contributed by atoms with van der Waals surface area (Å²) in [5, 5.41) is 34.3. The Balaban J connectivity index is 2.39. The van der Waals surface area contributed by atoms with Crippen molar-refractivity contribution >= 4 is 17.8 Å². The van der Waals surface area contributed by atoms with E-state index in [0.717, 1.165) is 6.20 Å². The van der Waals surface area contributed by atoms with Gasteiger partial charge in [-0.2, -0.15) is 0 Å². The van der Waals surface area contributed by atoms with Crippen LogP contribution in [-0.2, 0) is 19.1 Å². The lowest BCUT2D eigenvalue weighted by molar-refractivity contribution is -0.168. The molecule has 0 radical (unpaired) electrons. The highest BCUT2D eigenvalue weighted by Crippen LogP contribution is 2.14. The fourth-order valence-electron chi connectivity index (χ4n) is 1.01. The van der Waals surface area contributed by atoms with Crippen LogP contribution < -0.4 is 0 Å². The van der Waals surface area contributed by atoms with Gasteiger partial charge >= 0.3 is 11.9 Å². The molecule has 0 amide bonds. The summed E-state index contributed by atoms with van der Waals surface area (Å²) in [5.41, 5.74) is 0. The number of rotatable bonds is 0. The molecule has 18 heavy (non-hydrogen) atoms. The van der Waals surface area contributed by atoms with Gasteiger partial charge in [0.1, 0.15) is 0 Å². The number of carbonyl (C=O) groups is 2. The Hall–Kier alpha value is -2.53. The highest BCUT2D eigenvalue weighted by atomic mass is 16.6. The molecular formula is C7H5N5O6. The average molecular weight is 255 g/mol. The molecule has 0 aromatic carbocycles. The molecule has 2 N–H and O–H groups in total. The lowest BCUT2D eigenvalue weighted by atomic mass is 10.2. The molecule has 0 spiro atoms. The normalized spacial score (nSPS) is 37.0. The molecule has 0 saturated carbocycles. The summed E-state index contributed by atoms with van der Waals surface area (Å²) in [6.45, 7) is 0. The van der Waals surface area contributed by atoms with Crippen LogP contribution in [-0.4, -0.2) is 40.3 Å². The maximum absolute atomic E-state index is 11.3. The molecule has 1 saturated heterocycles. The van der Waals surface area contributed by atoms with Crippen LogP contribution in [0.25, 0.3) is 0 Å². The third kappa shape index (κ3) is 2.26. The van der Waals surface area contributed by atoms with Crippen LogP contribution in [0.1, 0.15) is 0 Å². The molecule has 11 heteroatoms. The smallest absolute Gasteiger partial charge is 0.345 e. The molecule has 0 aromatic heterocycles. The Morgan fingerprint density at radius 3 is 2.39 bits per heavy atom. The average Bonchev–Trinajstić information content (AvgIpc) is 2.33. The number of esters is 2. The maximum Gasteiger partial charge on any atom is 0.345 e. The minimum atomic E-state index is -2.09. The number of aliphatic hydroxyl groups is 2. The molecule has 0 bridgehead atoms. The summed E-state index contributed by atoms with van der Waals surface area (Å²) in [6.07, 6.45) is -3.29. The molecule has 2 aliphatic rings. The van der Waals surface area contributed by atoms with Crippen LogP contribution in [0, 0.1) is 0 Å². The Labute approximate surface area is 98.1 Å². The van der Waals surface area contributed by atoms with E-state index in [9.17, 15) is 19.8 Å². The van der Waals surface area contributed by atoms with Gasteiger partial charge in [0.15, 0.2) is 12.2 Å². The van der Waals surface area contributed by atoms with E-state index in [4.69, 9.17) is 0 Å². The zero-order valence-electron chi connectivity index (χ0n) is 8.50. The van der Waals surface area contributed by atoms with Gasteiger partial charge in [-0.3, -0.25) is 0 Å². The minimum Gasteiger partial charge on any atom is -0.417 e. The van der Waals surface area contributed by atoms with Gasteiger partial charge in [-0.1, -0.05) is 5.10 Å². The van der Waals surface area contributed by atoms with E-state index in [2.05, 4.69) is 35.4 Å². The first-order valence-corrected chi connectivity index (χ1v) is 4.47. The van der Waals surface area contributed by atoms with Gasteiger partial charge in [0, 0.05) is 0 Å². The topological polar surface area (TPSA) is 155 Å². The van der Waals surface area contributed by atoms with E-state index in [0.29, 0.717) is 0 Å². The van der Waals surface area contributed by atoms with Crippen molar-refractivity contribution in [3.63, 3.8) is 0 Å². The summed E-state index contributed by atoms with van der Waals surface area (Å²) in [4.78, 5) is 22.6. The highest BCUT2D eigenvalue weighted by Gasteiger charge is 2.38. The summed E-state index contributed by atoms with van der Waals surface area (Å²) >= 11 is 0.